The highest BCUT2D eigenvalue weighted by molar-refractivity contribution is 5.92. The summed E-state index contributed by atoms with van der Waals surface area (Å²) in [6.07, 6.45) is 5.37. The van der Waals surface area contributed by atoms with Gasteiger partial charge >= 0.3 is 0 Å². The van der Waals surface area contributed by atoms with E-state index < -0.39 is 23.7 Å². The summed E-state index contributed by atoms with van der Waals surface area (Å²) in [5, 5.41) is 18.8. The lowest BCUT2D eigenvalue weighted by atomic mass is 9.79. The summed E-state index contributed by atoms with van der Waals surface area (Å²) >= 11 is 0. The average Bonchev–Trinajstić information content (AvgIpc) is 3.63. The van der Waals surface area contributed by atoms with Crippen LogP contribution in [-0.2, 0) is 11.3 Å². The van der Waals surface area contributed by atoms with Gasteiger partial charge in [-0.25, -0.2) is 22.2 Å². The highest BCUT2D eigenvalue weighted by Crippen LogP contribution is 2.65. The van der Waals surface area contributed by atoms with E-state index in [4.69, 9.17) is 0 Å². The minimum absolute atomic E-state index is 0.142. The largest absolute Gasteiger partial charge is 0.366 e. The smallest absolute Gasteiger partial charge is 0.275 e. The fraction of sp³-hybridized carbons (Fsp3) is 0.643. The van der Waals surface area contributed by atoms with Crippen molar-refractivity contribution in [3.63, 3.8) is 0 Å². The molecule has 0 radical (unpaired) electrons. The molecule has 2 heterocycles. The Morgan fingerprint density at radius 3 is 2.27 bits per heavy atom. The number of carbonyl (C=O) groups is 2. The van der Waals surface area contributed by atoms with Gasteiger partial charge in [-0.2, -0.15) is 0 Å². The monoisotopic (exact) mass is 580 g/mol. The molecule has 2 aromatic rings. The topological polar surface area (TPSA) is 121 Å². The number of anilines is 2. The molecule has 4 fully saturated rings. The molecule has 1 aromatic carbocycles. The van der Waals surface area contributed by atoms with Crippen LogP contribution >= 0.6 is 0 Å². The van der Waals surface area contributed by atoms with Gasteiger partial charge in [0.05, 0.1) is 18.0 Å². The van der Waals surface area contributed by atoms with Gasteiger partial charge in [0.1, 0.15) is 5.69 Å². The summed E-state index contributed by atoms with van der Waals surface area (Å²) in [6.45, 7) is 3.17. The molecule has 4 aliphatic carbocycles. The van der Waals surface area contributed by atoms with Gasteiger partial charge in [0.25, 0.3) is 11.8 Å². The molecule has 5 aliphatic rings. The van der Waals surface area contributed by atoms with Crippen LogP contribution < -0.4 is 21.3 Å². The predicted octanol–water partition coefficient (Wildman–Crippen LogP) is 5.10. The Morgan fingerprint density at radius 2 is 1.66 bits per heavy atom. The average molecular weight is 581 g/mol. The normalized spacial score (nSPS) is 25.3. The molecule has 1 aromatic heterocycles. The van der Waals surface area contributed by atoms with Crippen LogP contribution in [0.2, 0.25) is 0 Å². The Kier molecular flexibility index (Phi) is 8.42. The van der Waals surface area contributed by atoms with E-state index >= 15 is 0 Å². The Morgan fingerprint density at radius 1 is 0.976 bits per heavy atom. The zero-order valence-electron chi connectivity index (χ0n) is 23.0. The van der Waals surface area contributed by atoms with Crippen LogP contribution in [0.4, 0.5) is 28.9 Å². The Bertz CT molecular complexity index is 1230. The Hall–Kier alpha value is -3.38. The van der Waals surface area contributed by atoms with Gasteiger partial charge in [0.2, 0.25) is 11.8 Å². The van der Waals surface area contributed by atoms with Crippen molar-refractivity contribution in [1.82, 2.24) is 20.9 Å². The highest BCUT2D eigenvalue weighted by atomic mass is 19.3. The second kappa shape index (κ2) is 11.8. The minimum atomic E-state index is -2.55. The number of nitrogens with one attached hydrogen (secondary N) is 4. The number of hydrogen-bond acceptors (Lipinski definition) is 7. The molecular formula is C28H36F4N6O3. The first-order valence-corrected chi connectivity index (χ1v) is 14.2. The lowest BCUT2D eigenvalue weighted by Gasteiger charge is -2.34. The summed E-state index contributed by atoms with van der Waals surface area (Å²) in [5.74, 6) is -6.47. The maximum absolute atomic E-state index is 13.0. The lowest BCUT2D eigenvalue weighted by Crippen LogP contribution is -2.38. The minimum Gasteiger partial charge on any atom is -0.366 e. The molecule has 9 nitrogen and oxygen atoms in total. The molecule has 0 saturated heterocycles. The summed E-state index contributed by atoms with van der Waals surface area (Å²) in [7, 11) is 0. The number of nitrogens with zero attached hydrogens (tertiary/aromatic N) is 2. The Labute approximate surface area is 235 Å². The van der Waals surface area contributed by atoms with Crippen LogP contribution in [0.25, 0.3) is 0 Å². The van der Waals surface area contributed by atoms with Crippen molar-refractivity contribution < 1.29 is 31.8 Å². The third-order valence-corrected chi connectivity index (χ3v) is 8.09. The van der Waals surface area contributed by atoms with E-state index in [1.165, 1.54) is 19.3 Å². The fourth-order valence-corrected chi connectivity index (χ4v) is 5.54. The van der Waals surface area contributed by atoms with Gasteiger partial charge in [0, 0.05) is 44.2 Å². The third kappa shape index (κ3) is 7.48. The molecule has 13 heteroatoms. The standard InChI is InChI=1S/C14H17F2N3O.C11H13F2N3O2.C3H6/c15-14(16)5-10(6-14)4-13(20)17-7-9-1-2-11-12(3-9)19-8-18-11;1-5-9(16-18-15-5)10(17)14-4-6-2-7-8(3-6)11(7,12)13;1-2-3-1/h1-3,10,18-19H,4-8H2,(H,17,20);6-8H,2-4H2,1H3,(H,14,17);1-3H2. The number of alkyl halides is 4. The number of aryl methyl sites for hydroxylation is 1. The van der Waals surface area contributed by atoms with Crippen LogP contribution in [0, 0.1) is 30.6 Å². The van der Waals surface area contributed by atoms with E-state index in [9.17, 15) is 27.2 Å². The van der Waals surface area contributed by atoms with Crippen molar-refractivity contribution in [2.45, 2.75) is 76.7 Å². The SMILES string of the molecule is C1CC1.Cc1nonc1C(=O)NCC1CC2C(C1)C2(F)F.O=C(CC1CC(F)(F)C1)NCc1ccc2c(c1)NCN2. The second-order valence-corrected chi connectivity index (χ2v) is 11.7. The first-order chi connectivity index (χ1) is 19.5. The van der Waals surface area contributed by atoms with E-state index in [2.05, 4.69) is 36.2 Å². The summed E-state index contributed by atoms with van der Waals surface area (Å²) in [5.41, 5.74) is 3.65. The van der Waals surface area contributed by atoms with Crippen molar-refractivity contribution in [3.05, 3.63) is 35.2 Å². The van der Waals surface area contributed by atoms with Crippen LogP contribution in [0.5, 0.6) is 0 Å². The maximum atomic E-state index is 13.0. The van der Waals surface area contributed by atoms with Crippen LogP contribution in [-0.4, -0.2) is 47.2 Å². The van der Waals surface area contributed by atoms with Gasteiger partial charge in [0.15, 0.2) is 5.69 Å². The number of fused-ring (bicyclic) bond motifs is 2. The molecule has 0 bridgehead atoms. The first-order valence-electron chi connectivity index (χ1n) is 14.2. The van der Waals surface area contributed by atoms with E-state index in [1.807, 2.05) is 18.2 Å². The quantitative estimate of drug-likeness (QED) is 0.336. The highest BCUT2D eigenvalue weighted by Gasteiger charge is 2.71. The number of carbonyl (C=O) groups excluding carboxylic acids is 2. The number of rotatable bonds is 7. The van der Waals surface area contributed by atoms with Gasteiger partial charge in [-0.1, -0.05) is 30.5 Å². The van der Waals surface area contributed by atoms with Gasteiger partial charge in [-0.15, -0.1) is 0 Å². The van der Waals surface area contributed by atoms with Crippen LogP contribution in [0.1, 0.15) is 73.1 Å². The molecule has 1 aliphatic heterocycles. The molecule has 7 rings (SSSR count). The molecule has 0 spiro atoms. The number of benzene rings is 1. The number of amides is 2. The summed E-state index contributed by atoms with van der Waals surface area (Å²) < 4.78 is 55.7. The van der Waals surface area contributed by atoms with Gasteiger partial charge < -0.3 is 21.3 Å². The van der Waals surface area contributed by atoms with Crippen molar-refractivity contribution in [1.29, 1.82) is 0 Å². The molecule has 2 unspecified atom stereocenters. The predicted molar refractivity (Wildman–Crippen MR) is 143 cm³/mol. The van der Waals surface area contributed by atoms with E-state index in [0.717, 1.165) is 16.9 Å². The van der Waals surface area contributed by atoms with Crippen LogP contribution in [0.3, 0.4) is 0 Å². The molecule has 2 atom stereocenters. The number of halogens is 4. The molecule has 4 saturated carbocycles. The molecule has 224 valence electrons. The van der Waals surface area contributed by atoms with Crippen LogP contribution in [0.15, 0.2) is 22.8 Å². The van der Waals surface area contributed by atoms with Gasteiger partial charge in [-0.3, -0.25) is 9.59 Å². The van der Waals surface area contributed by atoms with Gasteiger partial charge in [-0.05, 0) is 54.5 Å². The molecule has 4 N–H and O–H groups in total. The van der Waals surface area contributed by atoms with Crippen molar-refractivity contribution in [3.8, 4) is 0 Å². The van der Waals surface area contributed by atoms with Crippen molar-refractivity contribution >= 4 is 23.2 Å². The Balaban J connectivity index is 0.000000150. The van der Waals surface area contributed by atoms with Crippen molar-refractivity contribution in [2.75, 3.05) is 23.8 Å². The zero-order valence-corrected chi connectivity index (χ0v) is 23.0. The van der Waals surface area contributed by atoms with E-state index in [-0.39, 0.29) is 48.6 Å². The van der Waals surface area contributed by atoms with E-state index in [1.54, 1.807) is 6.92 Å². The number of aromatic nitrogens is 2. The second-order valence-electron chi connectivity index (χ2n) is 11.7. The summed E-state index contributed by atoms with van der Waals surface area (Å²) in [4.78, 5) is 23.4. The molecule has 41 heavy (non-hydrogen) atoms. The van der Waals surface area contributed by atoms with E-state index in [0.29, 0.717) is 38.3 Å². The summed E-state index contributed by atoms with van der Waals surface area (Å²) in [6, 6.07) is 5.88. The lowest BCUT2D eigenvalue weighted by molar-refractivity contribution is -0.133. The molecule has 2 amide bonds. The molecular weight excluding hydrogens is 544 g/mol. The zero-order chi connectivity index (χ0) is 29.2. The fourth-order valence-electron chi connectivity index (χ4n) is 5.54. The number of hydrogen-bond donors (Lipinski definition) is 4. The van der Waals surface area contributed by atoms with Crippen molar-refractivity contribution in [2.24, 2.45) is 23.7 Å². The maximum Gasteiger partial charge on any atom is 0.275 e. The first kappa shape index (κ1) is 29.1. The third-order valence-electron chi connectivity index (χ3n) is 8.09.